The second-order valence-corrected chi connectivity index (χ2v) is 6.29. The fraction of sp³-hybridized carbons (Fsp3) is 0.600. The summed E-state index contributed by atoms with van der Waals surface area (Å²) in [5, 5.41) is 15.5. The van der Waals surface area contributed by atoms with E-state index in [4.69, 9.17) is 10.1 Å². The molecule has 21 heavy (non-hydrogen) atoms. The Hall–Kier alpha value is -1.40. The van der Waals surface area contributed by atoms with Gasteiger partial charge in [-0.05, 0) is 44.1 Å². The predicted octanol–water partition coefficient (Wildman–Crippen LogP) is 2.86. The standard InChI is InChI=1S/C15H22N4OS/c1-2-16-15-17-13(12-7-10-21-14(12)18-15)19-8-3-5-11(19)6-4-9-20/h7,10-11,20H,2-6,8-9H2,1H3,(H,16,17,18). The van der Waals surface area contributed by atoms with Crippen molar-refractivity contribution in [1.29, 1.82) is 0 Å². The van der Waals surface area contributed by atoms with Gasteiger partial charge in [-0.2, -0.15) is 4.98 Å². The SMILES string of the molecule is CCNc1nc(N2CCCC2CCCO)c2ccsc2n1. The van der Waals surface area contributed by atoms with Gasteiger partial charge >= 0.3 is 0 Å². The average molecular weight is 306 g/mol. The molecule has 1 aliphatic heterocycles. The minimum atomic E-state index is 0.268. The first kappa shape index (κ1) is 14.5. The van der Waals surface area contributed by atoms with Crippen LogP contribution in [0.15, 0.2) is 11.4 Å². The summed E-state index contributed by atoms with van der Waals surface area (Å²) >= 11 is 1.66. The van der Waals surface area contributed by atoms with Crippen LogP contribution in [0.1, 0.15) is 32.6 Å². The van der Waals surface area contributed by atoms with Gasteiger partial charge < -0.3 is 15.3 Å². The maximum atomic E-state index is 9.08. The van der Waals surface area contributed by atoms with Crippen molar-refractivity contribution in [3.05, 3.63) is 11.4 Å². The number of nitrogens with zero attached hydrogens (tertiary/aromatic N) is 3. The summed E-state index contributed by atoms with van der Waals surface area (Å²) in [6.07, 6.45) is 4.27. The van der Waals surface area contributed by atoms with E-state index < -0.39 is 0 Å². The van der Waals surface area contributed by atoms with E-state index in [0.717, 1.165) is 47.9 Å². The molecule has 0 aromatic carbocycles. The summed E-state index contributed by atoms with van der Waals surface area (Å²) in [4.78, 5) is 12.8. The lowest BCUT2D eigenvalue weighted by molar-refractivity contribution is 0.279. The van der Waals surface area contributed by atoms with Crippen LogP contribution in [0.2, 0.25) is 0 Å². The Morgan fingerprint density at radius 1 is 1.48 bits per heavy atom. The van der Waals surface area contributed by atoms with Crippen LogP contribution in [0.25, 0.3) is 10.2 Å². The molecule has 0 spiro atoms. The van der Waals surface area contributed by atoms with Crippen LogP contribution < -0.4 is 10.2 Å². The third-order valence-electron chi connectivity index (χ3n) is 3.98. The molecule has 114 valence electrons. The molecule has 2 aromatic heterocycles. The van der Waals surface area contributed by atoms with Gasteiger partial charge in [-0.3, -0.25) is 0 Å². The first-order chi connectivity index (χ1) is 10.3. The lowest BCUT2D eigenvalue weighted by Crippen LogP contribution is -2.30. The minimum Gasteiger partial charge on any atom is -0.396 e. The number of rotatable bonds is 6. The van der Waals surface area contributed by atoms with Gasteiger partial charge in [-0.25, -0.2) is 4.98 Å². The van der Waals surface area contributed by atoms with Crippen LogP contribution in [0, 0.1) is 0 Å². The Labute approximate surface area is 129 Å². The highest BCUT2D eigenvalue weighted by atomic mass is 32.1. The Morgan fingerprint density at radius 3 is 3.19 bits per heavy atom. The summed E-state index contributed by atoms with van der Waals surface area (Å²) in [5.74, 6) is 1.77. The molecule has 3 rings (SSSR count). The summed E-state index contributed by atoms with van der Waals surface area (Å²) in [5.41, 5.74) is 0. The normalized spacial score (nSPS) is 18.6. The van der Waals surface area contributed by atoms with E-state index in [0.29, 0.717) is 6.04 Å². The molecular formula is C15H22N4OS. The second-order valence-electron chi connectivity index (χ2n) is 5.40. The Bertz CT molecular complexity index is 600. The molecule has 0 amide bonds. The molecule has 0 radical (unpaired) electrons. The molecule has 1 aliphatic rings. The van der Waals surface area contributed by atoms with E-state index in [2.05, 4.69) is 33.6 Å². The van der Waals surface area contributed by atoms with E-state index in [1.165, 1.54) is 12.8 Å². The molecule has 5 nitrogen and oxygen atoms in total. The molecule has 6 heteroatoms. The molecule has 1 fully saturated rings. The van der Waals surface area contributed by atoms with Crippen LogP contribution in [-0.2, 0) is 0 Å². The maximum absolute atomic E-state index is 9.08. The topological polar surface area (TPSA) is 61.3 Å². The lowest BCUT2D eigenvalue weighted by Gasteiger charge is -2.26. The Balaban J connectivity index is 1.95. The first-order valence-electron chi connectivity index (χ1n) is 7.70. The van der Waals surface area contributed by atoms with Crippen LogP contribution in [0.4, 0.5) is 11.8 Å². The monoisotopic (exact) mass is 306 g/mol. The van der Waals surface area contributed by atoms with Gasteiger partial charge in [-0.15, -0.1) is 11.3 Å². The Morgan fingerprint density at radius 2 is 2.38 bits per heavy atom. The van der Waals surface area contributed by atoms with E-state index in [1.54, 1.807) is 11.3 Å². The minimum absolute atomic E-state index is 0.268. The maximum Gasteiger partial charge on any atom is 0.226 e. The second kappa shape index (κ2) is 6.58. The smallest absolute Gasteiger partial charge is 0.226 e. The third-order valence-corrected chi connectivity index (χ3v) is 4.79. The summed E-state index contributed by atoms with van der Waals surface area (Å²) in [7, 11) is 0. The highest BCUT2D eigenvalue weighted by Gasteiger charge is 2.27. The van der Waals surface area contributed by atoms with Gasteiger partial charge in [0.2, 0.25) is 5.95 Å². The molecular weight excluding hydrogens is 284 g/mol. The van der Waals surface area contributed by atoms with E-state index in [1.807, 2.05) is 0 Å². The fourth-order valence-electron chi connectivity index (χ4n) is 3.04. The molecule has 2 N–H and O–H groups in total. The van der Waals surface area contributed by atoms with Crippen molar-refractivity contribution in [1.82, 2.24) is 9.97 Å². The van der Waals surface area contributed by atoms with Gasteiger partial charge in [0.1, 0.15) is 10.6 Å². The molecule has 2 aromatic rings. The van der Waals surface area contributed by atoms with Gasteiger partial charge in [-0.1, -0.05) is 0 Å². The third kappa shape index (κ3) is 2.96. The van der Waals surface area contributed by atoms with Crippen LogP contribution in [-0.4, -0.2) is 40.8 Å². The van der Waals surface area contributed by atoms with Crippen LogP contribution >= 0.6 is 11.3 Å². The molecule has 1 unspecified atom stereocenters. The molecule has 3 heterocycles. The number of thiophene rings is 1. The zero-order chi connectivity index (χ0) is 14.7. The molecule has 0 aliphatic carbocycles. The fourth-order valence-corrected chi connectivity index (χ4v) is 3.80. The van der Waals surface area contributed by atoms with Crippen molar-refractivity contribution in [2.24, 2.45) is 0 Å². The van der Waals surface area contributed by atoms with Crippen LogP contribution in [0.5, 0.6) is 0 Å². The average Bonchev–Trinajstić information content (AvgIpc) is 3.13. The number of hydrogen-bond acceptors (Lipinski definition) is 6. The lowest BCUT2D eigenvalue weighted by atomic mass is 10.1. The Kier molecular flexibility index (Phi) is 4.55. The highest BCUT2D eigenvalue weighted by Crippen LogP contribution is 2.34. The molecule has 0 bridgehead atoms. The number of hydrogen-bond donors (Lipinski definition) is 2. The van der Waals surface area contributed by atoms with Crippen molar-refractivity contribution >= 4 is 33.3 Å². The van der Waals surface area contributed by atoms with Crippen molar-refractivity contribution in [3.63, 3.8) is 0 Å². The number of fused-ring (bicyclic) bond motifs is 1. The number of aliphatic hydroxyl groups excluding tert-OH is 1. The highest BCUT2D eigenvalue weighted by molar-refractivity contribution is 7.16. The zero-order valence-electron chi connectivity index (χ0n) is 12.4. The van der Waals surface area contributed by atoms with Crippen molar-refractivity contribution in [2.45, 2.75) is 38.6 Å². The van der Waals surface area contributed by atoms with E-state index >= 15 is 0 Å². The number of aliphatic hydroxyl groups is 1. The largest absolute Gasteiger partial charge is 0.396 e. The van der Waals surface area contributed by atoms with Gasteiger partial charge in [0.15, 0.2) is 0 Å². The van der Waals surface area contributed by atoms with Gasteiger partial charge in [0.05, 0.1) is 5.39 Å². The van der Waals surface area contributed by atoms with E-state index in [9.17, 15) is 0 Å². The summed E-state index contributed by atoms with van der Waals surface area (Å²) in [6, 6.07) is 2.61. The van der Waals surface area contributed by atoms with Gasteiger partial charge in [0.25, 0.3) is 0 Å². The predicted molar refractivity (Wildman–Crippen MR) is 88.3 cm³/mol. The summed E-state index contributed by atoms with van der Waals surface area (Å²) < 4.78 is 0. The molecule has 0 saturated carbocycles. The van der Waals surface area contributed by atoms with E-state index in [-0.39, 0.29) is 6.61 Å². The van der Waals surface area contributed by atoms with Crippen molar-refractivity contribution in [3.8, 4) is 0 Å². The quantitative estimate of drug-likeness (QED) is 0.859. The number of nitrogens with one attached hydrogen (secondary N) is 1. The molecule has 1 saturated heterocycles. The van der Waals surface area contributed by atoms with Crippen molar-refractivity contribution in [2.75, 3.05) is 29.9 Å². The zero-order valence-corrected chi connectivity index (χ0v) is 13.2. The van der Waals surface area contributed by atoms with Gasteiger partial charge in [0, 0.05) is 25.7 Å². The molecule has 1 atom stereocenters. The van der Waals surface area contributed by atoms with Crippen LogP contribution in [0.3, 0.4) is 0 Å². The first-order valence-corrected chi connectivity index (χ1v) is 8.58. The summed E-state index contributed by atoms with van der Waals surface area (Å²) in [6.45, 7) is 4.19. The van der Waals surface area contributed by atoms with Crippen molar-refractivity contribution < 1.29 is 5.11 Å². The number of anilines is 2. The number of aromatic nitrogens is 2.